The summed E-state index contributed by atoms with van der Waals surface area (Å²) >= 11 is 0. The molecule has 0 saturated heterocycles. The second-order valence-corrected chi connectivity index (χ2v) is 11.2. The molecule has 7 aromatic carbocycles. The molecule has 0 bridgehead atoms. The van der Waals surface area contributed by atoms with Gasteiger partial charge >= 0.3 is 0 Å². The van der Waals surface area contributed by atoms with Crippen molar-refractivity contribution in [2.24, 2.45) is 0 Å². The molecule has 8 rings (SSSR count). The van der Waals surface area contributed by atoms with E-state index >= 15 is 0 Å². The van der Waals surface area contributed by atoms with Crippen molar-refractivity contribution < 1.29 is 0 Å². The van der Waals surface area contributed by atoms with Crippen LogP contribution in [0.15, 0.2) is 158 Å². The molecular formula is C42H26N4. The highest BCUT2D eigenvalue weighted by Gasteiger charge is 2.16. The van der Waals surface area contributed by atoms with E-state index in [0.717, 1.165) is 49.4 Å². The third kappa shape index (κ3) is 5.06. The molecule has 0 aliphatic rings. The van der Waals surface area contributed by atoms with Gasteiger partial charge in [-0.3, -0.25) is 0 Å². The zero-order valence-electron chi connectivity index (χ0n) is 24.8. The van der Waals surface area contributed by atoms with Gasteiger partial charge in [0.2, 0.25) is 0 Å². The second kappa shape index (κ2) is 11.6. The fourth-order valence-corrected chi connectivity index (χ4v) is 6.01. The first-order chi connectivity index (χ1) is 22.7. The van der Waals surface area contributed by atoms with Crippen LogP contribution in [0.1, 0.15) is 5.56 Å². The monoisotopic (exact) mass is 586 g/mol. The molecule has 4 heteroatoms. The number of rotatable bonds is 5. The normalized spacial score (nSPS) is 11.0. The minimum Gasteiger partial charge on any atom is -0.208 e. The third-order valence-corrected chi connectivity index (χ3v) is 8.36. The quantitative estimate of drug-likeness (QED) is 0.201. The van der Waals surface area contributed by atoms with Gasteiger partial charge in [0.15, 0.2) is 17.5 Å². The molecule has 0 aliphatic heterocycles. The van der Waals surface area contributed by atoms with Crippen LogP contribution in [-0.2, 0) is 0 Å². The molecule has 8 aromatic rings. The third-order valence-electron chi connectivity index (χ3n) is 8.36. The summed E-state index contributed by atoms with van der Waals surface area (Å²) in [6.07, 6.45) is 0. The Hall–Kier alpha value is -6.44. The number of nitriles is 1. The van der Waals surface area contributed by atoms with Crippen molar-refractivity contribution in [1.29, 1.82) is 5.26 Å². The van der Waals surface area contributed by atoms with E-state index in [1.54, 1.807) is 0 Å². The van der Waals surface area contributed by atoms with E-state index in [1.165, 1.54) is 11.1 Å². The van der Waals surface area contributed by atoms with E-state index < -0.39 is 0 Å². The number of hydrogen-bond donors (Lipinski definition) is 0. The first-order valence-corrected chi connectivity index (χ1v) is 15.2. The van der Waals surface area contributed by atoms with Gasteiger partial charge in [-0.1, -0.05) is 127 Å². The van der Waals surface area contributed by atoms with Crippen LogP contribution in [0.25, 0.3) is 78.0 Å². The Morgan fingerprint density at radius 3 is 1.54 bits per heavy atom. The van der Waals surface area contributed by atoms with Crippen molar-refractivity contribution in [3.05, 3.63) is 163 Å². The van der Waals surface area contributed by atoms with Crippen molar-refractivity contribution >= 4 is 21.5 Å². The van der Waals surface area contributed by atoms with Crippen molar-refractivity contribution in [2.75, 3.05) is 0 Å². The SMILES string of the molecule is N#Cc1ccc(-c2ccc3cc(-c4nc(-c5ccccc5)nc(-c5ccc(-c6ccccc6)c6ccccc56)n4)ccc3c2)cc1. The Kier molecular flexibility index (Phi) is 6.83. The van der Waals surface area contributed by atoms with Crippen LogP contribution in [0.5, 0.6) is 0 Å². The average Bonchev–Trinajstić information content (AvgIpc) is 3.14. The van der Waals surface area contributed by atoms with Gasteiger partial charge < -0.3 is 0 Å². The van der Waals surface area contributed by atoms with Crippen molar-refractivity contribution in [1.82, 2.24) is 15.0 Å². The van der Waals surface area contributed by atoms with Gasteiger partial charge in [-0.05, 0) is 74.1 Å². The lowest BCUT2D eigenvalue weighted by molar-refractivity contribution is 1.08. The lowest BCUT2D eigenvalue weighted by atomic mass is 9.94. The lowest BCUT2D eigenvalue weighted by Crippen LogP contribution is -2.00. The van der Waals surface area contributed by atoms with Gasteiger partial charge in [-0.2, -0.15) is 5.26 Å². The summed E-state index contributed by atoms with van der Waals surface area (Å²) in [5.74, 6) is 1.89. The van der Waals surface area contributed by atoms with Crippen LogP contribution in [0.3, 0.4) is 0 Å². The molecule has 1 aromatic heterocycles. The van der Waals surface area contributed by atoms with Gasteiger partial charge in [-0.25, -0.2) is 15.0 Å². The fourth-order valence-electron chi connectivity index (χ4n) is 6.01. The Labute approximate surface area is 266 Å². The van der Waals surface area contributed by atoms with Crippen molar-refractivity contribution in [3.8, 4) is 62.5 Å². The van der Waals surface area contributed by atoms with Gasteiger partial charge in [0.05, 0.1) is 11.6 Å². The highest BCUT2D eigenvalue weighted by molar-refractivity contribution is 6.04. The molecule has 0 saturated carbocycles. The van der Waals surface area contributed by atoms with Crippen LogP contribution in [0.4, 0.5) is 0 Å². The molecule has 0 radical (unpaired) electrons. The Bertz CT molecular complexity index is 2410. The molecule has 0 fully saturated rings. The standard InChI is InChI=1S/C42H26N4/c43-27-28-15-17-29(18-16-28)32-19-20-34-26-35(22-21-33(34)25-32)41-44-40(31-11-5-2-6-12-31)45-42(46-41)39-24-23-36(30-9-3-1-4-10-30)37-13-7-8-14-38(37)39/h1-26H. The number of aromatic nitrogens is 3. The summed E-state index contributed by atoms with van der Waals surface area (Å²) in [6.45, 7) is 0. The van der Waals surface area contributed by atoms with E-state index in [2.05, 4.69) is 103 Å². The van der Waals surface area contributed by atoms with Gasteiger partial charge in [-0.15, -0.1) is 0 Å². The second-order valence-electron chi connectivity index (χ2n) is 11.2. The summed E-state index contributed by atoms with van der Waals surface area (Å²) in [4.78, 5) is 15.1. The van der Waals surface area contributed by atoms with Gasteiger partial charge in [0.1, 0.15) is 0 Å². The predicted octanol–water partition coefficient (Wildman–Crippen LogP) is 10.4. The number of hydrogen-bond acceptors (Lipinski definition) is 4. The summed E-state index contributed by atoms with van der Waals surface area (Å²) in [6, 6.07) is 55.9. The molecule has 0 N–H and O–H groups in total. The first-order valence-electron chi connectivity index (χ1n) is 15.2. The molecule has 0 unspecified atom stereocenters. The molecule has 214 valence electrons. The van der Waals surface area contributed by atoms with E-state index in [9.17, 15) is 0 Å². The van der Waals surface area contributed by atoms with Crippen LogP contribution in [0.2, 0.25) is 0 Å². The fraction of sp³-hybridized carbons (Fsp3) is 0. The summed E-state index contributed by atoms with van der Waals surface area (Å²) in [5.41, 5.74) is 7.99. The van der Waals surface area contributed by atoms with Crippen LogP contribution in [0, 0.1) is 11.3 Å². The summed E-state index contributed by atoms with van der Waals surface area (Å²) in [7, 11) is 0. The highest BCUT2D eigenvalue weighted by Crippen LogP contribution is 2.36. The predicted molar refractivity (Wildman–Crippen MR) is 187 cm³/mol. The van der Waals surface area contributed by atoms with Crippen LogP contribution in [-0.4, -0.2) is 15.0 Å². The zero-order chi connectivity index (χ0) is 30.9. The topological polar surface area (TPSA) is 62.5 Å². The average molecular weight is 587 g/mol. The van der Waals surface area contributed by atoms with Crippen LogP contribution >= 0.6 is 0 Å². The number of nitrogens with zero attached hydrogens (tertiary/aromatic N) is 4. The highest BCUT2D eigenvalue weighted by atomic mass is 15.0. The number of benzene rings is 7. The van der Waals surface area contributed by atoms with Crippen molar-refractivity contribution in [3.63, 3.8) is 0 Å². The smallest absolute Gasteiger partial charge is 0.164 e. The Morgan fingerprint density at radius 1 is 0.370 bits per heavy atom. The molecule has 4 nitrogen and oxygen atoms in total. The van der Waals surface area contributed by atoms with Crippen LogP contribution < -0.4 is 0 Å². The minimum atomic E-state index is 0.623. The van der Waals surface area contributed by atoms with Gasteiger partial charge in [0.25, 0.3) is 0 Å². The van der Waals surface area contributed by atoms with E-state index in [-0.39, 0.29) is 0 Å². The van der Waals surface area contributed by atoms with E-state index in [0.29, 0.717) is 23.0 Å². The molecule has 46 heavy (non-hydrogen) atoms. The summed E-state index contributed by atoms with van der Waals surface area (Å²) in [5, 5.41) is 13.6. The molecule has 0 spiro atoms. The maximum Gasteiger partial charge on any atom is 0.164 e. The number of fused-ring (bicyclic) bond motifs is 2. The van der Waals surface area contributed by atoms with E-state index in [4.69, 9.17) is 20.2 Å². The lowest BCUT2D eigenvalue weighted by Gasteiger charge is -2.13. The van der Waals surface area contributed by atoms with Gasteiger partial charge in [0, 0.05) is 16.7 Å². The molecule has 1 heterocycles. The minimum absolute atomic E-state index is 0.623. The molecule has 0 aliphatic carbocycles. The van der Waals surface area contributed by atoms with E-state index in [1.807, 2.05) is 60.7 Å². The molecule has 0 amide bonds. The maximum atomic E-state index is 9.16. The maximum absolute atomic E-state index is 9.16. The Balaban J connectivity index is 1.26. The first kappa shape index (κ1) is 27.1. The Morgan fingerprint density at radius 2 is 0.870 bits per heavy atom. The molecule has 0 atom stereocenters. The molecular weight excluding hydrogens is 560 g/mol. The zero-order valence-corrected chi connectivity index (χ0v) is 24.8. The van der Waals surface area contributed by atoms with Crippen molar-refractivity contribution in [2.45, 2.75) is 0 Å². The largest absolute Gasteiger partial charge is 0.208 e. The summed E-state index contributed by atoms with van der Waals surface area (Å²) < 4.78 is 0.